The molecule has 0 bridgehead atoms. The van der Waals surface area contributed by atoms with Crippen LogP contribution in [0.5, 0.6) is 0 Å². The second-order valence-corrected chi connectivity index (χ2v) is 11.8. The van der Waals surface area contributed by atoms with Crippen LogP contribution < -0.4 is 9.62 Å². The number of rotatable bonds is 10. The number of para-hydroxylation sites is 1. The smallest absolute Gasteiger partial charge is 0.264 e. The zero-order valence-electron chi connectivity index (χ0n) is 21.8. The molecule has 0 aromatic heterocycles. The maximum Gasteiger partial charge on any atom is 0.264 e. The molecule has 196 valence electrons. The Kier molecular flexibility index (Phi) is 9.10. The first kappa shape index (κ1) is 27.9. The Balaban J connectivity index is 1.94. The Hall–Kier alpha value is -3.65. The number of carbonyl (C=O) groups is 2. The Bertz CT molecular complexity index is 1270. The lowest BCUT2D eigenvalue weighted by molar-refractivity contribution is -0.139. The van der Waals surface area contributed by atoms with Crippen molar-refractivity contribution in [2.24, 2.45) is 0 Å². The Labute approximate surface area is 220 Å². The van der Waals surface area contributed by atoms with E-state index in [0.29, 0.717) is 12.1 Å². The van der Waals surface area contributed by atoms with Crippen LogP contribution in [0.3, 0.4) is 0 Å². The van der Waals surface area contributed by atoms with Gasteiger partial charge < -0.3 is 10.2 Å². The zero-order chi connectivity index (χ0) is 27.1. The molecule has 7 nitrogen and oxygen atoms in total. The highest BCUT2D eigenvalue weighted by atomic mass is 32.2. The highest BCUT2D eigenvalue weighted by molar-refractivity contribution is 7.92. The van der Waals surface area contributed by atoms with Gasteiger partial charge in [0.15, 0.2) is 0 Å². The molecular weight excluding hydrogens is 486 g/mol. The van der Waals surface area contributed by atoms with Crippen molar-refractivity contribution in [1.82, 2.24) is 10.2 Å². The van der Waals surface area contributed by atoms with Crippen LogP contribution in [0.2, 0.25) is 0 Å². The van der Waals surface area contributed by atoms with E-state index in [9.17, 15) is 18.0 Å². The number of anilines is 1. The predicted molar refractivity (Wildman–Crippen MR) is 147 cm³/mol. The van der Waals surface area contributed by atoms with Crippen LogP contribution in [0.1, 0.15) is 33.3 Å². The number of amides is 2. The summed E-state index contributed by atoms with van der Waals surface area (Å²) in [7, 11) is -4.04. The summed E-state index contributed by atoms with van der Waals surface area (Å²) >= 11 is 0. The monoisotopic (exact) mass is 521 g/mol. The number of hydrogen-bond donors (Lipinski definition) is 1. The Morgan fingerprint density at radius 3 is 1.89 bits per heavy atom. The molecule has 37 heavy (non-hydrogen) atoms. The summed E-state index contributed by atoms with van der Waals surface area (Å²) < 4.78 is 28.4. The van der Waals surface area contributed by atoms with Gasteiger partial charge in [0.2, 0.25) is 11.8 Å². The topological polar surface area (TPSA) is 86.8 Å². The summed E-state index contributed by atoms with van der Waals surface area (Å²) in [5, 5.41) is 2.93. The van der Waals surface area contributed by atoms with Crippen LogP contribution in [0.25, 0.3) is 0 Å². The maximum atomic E-state index is 13.8. The highest BCUT2D eigenvalue weighted by Gasteiger charge is 2.33. The van der Waals surface area contributed by atoms with Gasteiger partial charge in [0.25, 0.3) is 10.0 Å². The molecule has 8 heteroatoms. The van der Waals surface area contributed by atoms with E-state index in [4.69, 9.17) is 0 Å². The molecule has 0 radical (unpaired) electrons. The highest BCUT2D eigenvalue weighted by Crippen LogP contribution is 2.24. The first-order valence-corrected chi connectivity index (χ1v) is 13.7. The van der Waals surface area contributed by atoms with Gasteiger partial charge in [0.1, 0.15) is 12.6 Å². The van der Waals surface area contributed by atoms with Crippen molar-refractivity contribution in [3.63, 3.8) is 0 Å². The van der Waals surface area contributed by atoms with Gasteiger partial charge in [-0.25, -0.2) is 8.42 Å². The molecular formula is C29H35N3O4S. The maximum absolute atomic E-state index is 13.8. The van der Waals surface area contributed by atoms with Crippen LogP contribution in [0.15, 0.2) is 95.9 Å². The SMILES string of the molecule is CC(C(=O)NC(C)(C)C)N(CCc1ccccc1)C(=O)CN(c1ccccc1)S(=O)(=O)c1ccccc1. The van der Waals surface area contributed by atoms with E-state index >= 15 is 0 Å². The minimum Gasteiger partial charge on any atom is -0.350 e. The van der Waals surface area contributed by atoms with Crippen molar-refractivity contribution < 1.29 is 18.0 Å². The molecule has 0 aliphatic heterocycles. The summed E-state index contributed by atoms with van der Waals surface area (Å²) in [6.07, 6.45) is 0.524. The van der Waals surface area contributed by atoms with Crippen molar-refractivity contribution in [2.45, 2.75) is 50.6 Å². The van der Waals surface area contributed by atoms with Gasteiger partial charge in [-0.1, -0.05) is 66.7 Å². The average Bonchev–Trinajstić information content (AvgIpc) is 2.87. The van der Waals surface area contributed by atoms with E-state index in [1.165, 1.54) is 17.0 Å². The van der Waals surface area contributed by atoms with E-state index < -0.39 is 34.1 Å². The standard InChI is InChI=1S/C29H35N3O4S/c1-23(28(34)30-29(2,3)4)31(21-20-24-14-8-5-9-15-24)27(33)22-32(25-16-10-6-11-17-25)37(35,36)26-18-12-7-13-19-26/h5-19,23H,20-22H2,1-4H3,(H,30,34). The third-order valence-corrected chi connectivity index (χ3v) is 7.59. The average molecular weight is 522 g/mol. The molecule has 2 amide bonds. The van der Waals surface area contributed by atoms with E-state index in [1.807, 2.05) is 51.1 Å². The minimum absolute atomic E-state index is 0.0843. The van der Waals surface area contributed by atoms with Crippen LogP contribution in [0.4, 0.5) is 5.69 Å². The number of hydrogen-bond acceptors (Lipinski definition) is 4. The third kappa shape index (κ3) is 7.67. The third-order valence-electron chi connectivity index (χ3n) is 5.80. The lowest BCUT2D eigenvalue weighted by Crippen LogP contribution is -2.55. The summed E-state index contributed by atoms with van der Waals surface area (Å²) in [6.45, 7) is 7.10. The Morgan fingerprint density at radius 1 is 0.838 bits per heavy atom. The summed E-state index contributed by atoms with van der Waals surface area (Å²) in [6, 6.07) is 25.4. The molecule has 3 rings (SSSR count). The van der Waals surface area contributed by atoms with Gasteiger partial charge in [-0.05, 0) is 63.9 Å². The molecule has 0 fully saturated rings. The first-order valence-electron chi connectivity index (χ1n) is 12.3. The summed E-state index contributed by atoms with van der Waals surface area (Å²) in [4.78, 5) is 28.4. The van der Waals surface area contributed by atoms with E-state index in [2.05, 4.69) is 5.32 Å². The molecule has 0 aliphatic carbocycles. The van der Waals surface area contributed by atoms with Crippen LogP contribution in [-0.4, -0.2) is 49.8 Å². The zero-order valence-corrected chi connectivity index (χ0v) is 22.6. The van der Waals surface area contributed by atoms with E-state index in [-0.39, 0.29) is 17.3 Å². The summed E-state index contributed by atoms with van der Waals surface area (Å²) in [5.74, 6) is -0.762. The fourth-order valence-corrected chi connectivity index (χ4v) is 5.32. The molecule has 1 atom stereocenters. The van der Waals surface area contributed by atoms with Gasteiger partial charge in [-0.3, -0.25) is 13.9 Å². The summed E-state index contributed by atoms with van der Waals surface area (Å²) in [5.41, 5.74) is 0.904. The fraction of sp³-hybridized carbons (Fsp3) is 0.310. The number of nitrogens with one attached hydrogen (secondary N) is 1. The lowest BCUT2D eigenvalue weighted by Gasteiger charge is -2.33. The molecule has 0 spiro atoms. The van der Waals surface area contributed by atoms with Gasteiger partial charge >= 0.3 is 0 Å². The fourth-order valence-electron chi connectivity index (χ4n) is 3.89. The van der Waals surface area contributed by atoms with Gasteiger partial charge in [0.05, 0.1) is 10.6 Å². The van der Waals surface area contributed by atoms with E-state index in [0.717, 1.165) is 9.87 Å². The van der Waals surface area contributed by atoms with Gasteiger partial charge in [0, 0.05) is 12.1 Å². The molecule has 0 saturated heterocycles. The van der Waals surface area contributed by atoms with Gasteiger partial charge in [-0.15, -0.1) is 0 Å². The van der Waals surface area contributed by atoms with Gasteiger partial charge in [-0.2, -0.15) is 0 Å². The molecule has 0 saturated carbocycles. The van der Waals surface area contributed by atoms with Crippen LogP contribution in [0, 0.1) is 0 Å². The van der Waals surface area contributed by atoms with Crippen LogP contribution in [-0.2, 0) is 26.0 Å². The lowest BCUT2D eigenvalue weighted by atomic mass is 10.1. The van der Waals surface area contributed by atoms with Crippen LogP contribution >= 0.6 is 0 Å². The predicted octanol–water partition coefficient (Wildman–Crippen LogP) is 4.26. The largest absolute Gasteiger partial charge is 0.350 e. The van der Waals surface area contributed by atoms with E-state index in [1.54, 1.807) is 55.5 Å². The number of nitrogens with zero attached hydrogens (tertiary/aromatic N) is 2. The van der Waals surface area contributed by atoms with Crippen molar-refractivity contribution in [2.75, 3.05) is 17.4 Å². The molecule has 0 aliphatic rings. The number of benzene rings is 3. The molecule has 3 aromatic rings. The minimum atomic E-state index is -4.04. The quantitative estimate of drug-likeness (QED) is 0.432. The normalized spacial score (nSPS) is 12.4. The number of sulfonamides is 1. The molecule has 0 heterocycles. The van der Waals surface area contributed by atoms with Crippen molar-refractivity contribution >= 4 is 27.5 Å². The Morgan fingerprint density at radius 2 is 1.35 bits per heavy atom. The van der Waals surface area contributed by atoms with Crippen molar-refractivity contribution in [3.8, 4) is 0 Å². The molecule has 3 aromatic carbocycles. The van der Waals surface area contributed by atoms with Crippen molar-refractivity contribution in [1.29, 1.82) is 0 Å². The second-order valence-electron chi connectivity index (χ2n) is 9.90. The number of carbonyl (C=O) groups excluding carboxylic acids is 2. The van der Waals surface area contributed by atoms with Crippen molar-refractivity contribution in [3.05, 3.63) is 96.6 Å². The molecule has 1 N–H and O–H groups in total. The second kappa shape index (κ2) is 12.1. The molecule has 1 unspecified atom stereocenters. The first-order chi connectivity index (χ1) is 17.5.